The highest BCUT2D eigenvalue weighted by atomic mass is 28.3. The molecule has 1 rings (SSSR count). The lowest BCUT2D eigenvalue weighted by Crippen LogP contribution is -2.37. The van der Waals surface area contributed by atoms with Gasteiger partial charge < -0.3 is 0 Å². The van der Waals surface area contributed by atoms with Crippen molar-refractivity contribution in [1.82, 2.24) is 0 Å². The molecule has 1 saturated carbocycles. The minimum Gasteiger partial charge on any atom is -0.107 e. The van der Waals surface area contributed by atoms with E-state index < -0.39 is 8.07 Å². The second-order valence-corrected chi connectivity index (χ2v) is 9.58. The van der Waals surface area contributed by atoms with E-state index >= 15 is 0 Å². The van der Waals surface area contributed by atoms with E-state index in [0.717, 1.165) is 5.54 Å². The number of rotatable bonds is 4. The lowest BCUT2D eigenvalue weighted by molar-refractivity contribution is 0.491. The van der Waals surface area contributed by atoms with Crippen LogP contribution in [0.5, 0.6) is 0 Å². The molecule has 0 radical (unpaired) electrons. The predicted molar refractivity (Wildman–Crippen MR) is 63.7 cm³/mol. The molecule has 0 atom stereocenters. The molecule has 0 amide bonds. The topological polar surface area (TPSA) is 0 Å². The summed E-state index contributed by atoms with van der Waals surface area (Å²) in [5.41, 5.74) is 3.44. The highest BCUT2D eigenvalue weighted by Gasteiger charge is 2.35. The molecule has 0 saturated heterocycles. The average Bonchev–Trinajstić information content (AvgIpc) is 2.23. The van der Waals surface area contributed by atoms with Gasteiger partial charge in [0.25, 0.3) is 0 Å². The van der Waals surface area contributed by atoms with Crippen LogP contribution in [0.25, 0.3) is 0 Å². The van der Waals surface area contributed by atoms with Crippen LogP contribution in [0.15, 0.2) is 12.3 Å². The van der Waals surface area contributed by atoms with Crippen molar-refractivity contribution in [1.29, 1.82) is 0 Å². The highest BCUT2D eigenvalue weighted by molar-refractivity contribution is 6.85. The van der Waals surface area contributed by atoms with Gasteiger partial charge in [-0.1, -0.05) is 58.0 Å². The van der Waals surface area contributed by atoms with Gasteiger partial charge in [0.1, 0.15) is 0 Å². The lowest BCUT2D eigenvalue weighted by atomic mass is 10.0. The third-order valence-corrected chi connectivity index (χ3v) is 9.79. The molecule has 0 bridgehead atoms. The molecule has 0 aromatic heterocycles. The van der Waals surface area contributed by atoms with Crippen molar-refractivity contribution in [3.8, 4) is 0 Å². The van der Waals surface area contributed by atoms with Gasteiger partial charge in [0.2, 0.25) is 0 Å². The zero-order chi connectivity index (χ0) is 9.73. The molecule has 0 N–H and O–H groups in total. The summed E-state index contributed by atoms with van der Waals surface area (Å²) in [4.78, 5) is 0. The van der Waals surface area contributed by atoms with E-state index in [-0.39, 0.29) is 0 Å². The Morgan fingerprint density at radius 3 is 2.08 bits per heavy atom. The van der Waals surface area contributed by atoms with Crippen molar-refractivity contribution in [3.63, 3.8) is 0 Å². The fourth-order valence-electron chi connectivity index (χ4n) is 2.96. The molecule has 0 aromatic rings. The van der Waals surface area contributed by atoms with Gasteiger partial charge in [-0.3, -0.25) is 0 Å². The van der Waals surface area contributed by atoms with Crippen molar-refractivity contribution in [3.05, 3.63) is 12.3 Å². The quantitative estimate of drug-likeness (QED) is 0.579. The zero-order valence-corrected chi connectivity index (χ0v) is 10.3. The van der Waals surface area contributed by atoms with Gasteiger partial charge in [-0.2, -0.15) is 0 Å². The van der Waals surface area contributed by atoms with Crippen LogP contribution in [-0.2, 0) is 0 Å². The second-order valence-electron chi connectivity index (χ2n) is 4.48. The largest absolute Gasteiger partial charge is 0.107 e. The van der Waals surface area contributed by atoms with Crippen molar-refractivity contribution in [2.24, 2.45) is 0 Å². The molecule has 0 aromatic carbocycles. The van der Waals surface area contributed by atoms with E-state index in [4.69, 9.17) is 0 Å². The molecule has 0 unspecified atom stereocenters. The van der Waals surface area contributed by atoms with Gasteiger partial charge in [0, 0.05) is 0 Å². The Labute approximate surface area is 84.4 Å². The van der Waals surface area contributed by atoms with E-state index in [0.29, 0.717) is 0 Å². The maximum Gasteiger partial charge on any atom is 0.0795 e. The molecule has 0 spiro atoms. The van der Waals surface area contributed by atoms with E-state index in [2.05, 4.69) is 26.1 Å². The lowest BCUT2D eigenvalue weighted by Gasteiger charge is -2.37. The van der Waals surface area contributed by atoms with Crippen molar-refractivity contribution in [2.45, 2.75) is 63.6 Å². The molecule has 1 heteroatoms. The predicted octanol–water partition coefficient (Wildman–Crippen LogP) is 4.53. The zero-order valence-electron chi connectivity index (χ0n) is 9.31. The van der Waals surface area contributed by atoms with E-state index in [9.17, 15) is 0 Å². The number of hydrogen-bond acceptors (Lipinski definition) is 0. The first-order valence-corrected chi connectivity index (χ1v) is 8.49. The van der Waals surface area contributed by atoms with Gasteiger partial charge in [-0.05, 0) is 5.54 Å². The Kier molecular flexibility index (Phi) is 4.24. The minimum atomic E-state index is -1.05. The Hall–Kier alpha value is -0.0431. The highest BCUT2D eigenvalue weighted by Crippen LogP contribution is 2.41. The van der Waals surface area contributed by atoms with Gasteiger partial charge in [0.15, 0.2) is 0 Å². The summed E-state index contributed by atoms with van der Waals surface area (Å²) in [5.74, 6) is 0. The van der Waals surface area contributed by atoms with Gasteiger partial charge in [0.05, 0.1) is 8.07 Å². The summed E-state index contributed by atoms with van der Waals surface area (Å²) in [6, 6.07) is 2.83. The smallest absolute Gasteiger partial charge is 0.0795 e. The number of hydrogen-bond donors (Lipinski definition) is 0. The summed E-state index contributed by atoms with van der Waals surface area (Å²) in [7, 11) is -1.05. The van der Waals surface area contributed by atoms with Crippen LogP contribution in [0.4, 0.5) is 0 Å². The van der Waals surface area contributed by atoms with Crippen LogP contribution in [0.1, 0.15) is 46.0 Å². The van der Waals surface area contributed by atoms with Crippen LogP contribution in [0.2, 0.25) is 17.6 Å². The summed E-state index contributed by atoms with van der Waals surface area (Å²) in [6.45, 7) is 8.87. The first-order chi connectivity index (χ1) is 6.29. The van der Waals surface area contributed by atoms with Crippen molar-refractivity contribution < 1.29 is 0 Å². The second kappa shape index (κ2) is 4.99. The molecule has 0 heterocycles. The molecular formula is C12H24Si. The summed E-state index contributed by atoms with van der Waals surface area (Å²) in [6.07, 6.45) is 7.44. The Balaban J connectivity index is 2.66. The molecule has 1 aliphatic rings. The summed E-state index contributed by atoms with van der Waals surface area (Å²) in [5, 5.41) is 0. The van der Waals surface area contributed by atoms with Crippen LogP contribution >= 0.6 is 0 Å². The van der Waals surface area contributed by atoms with Crippen molar-refractivity contribution >= 4 is 8.07 Å². The molecule has 76 valence electrons. The maximum atomic E-state index is 4.11. The Morgan fingerprint density at radius 2 is 1.69 bits per heavy atom. The molecule has 1 fully saturated rings. The van der Waals surface area contributed by atoms with E-state index in [1.807, 2.05) is 0 Å². The summed E-state index contributed by atoms with van der Waals surface area (Å²) < 4.78 is 0. The standard InChI is InChI=1S/C12H24Si/c1-4-13(5-2,6-3)12-10-8-7-9-11-12/h4,12H,1,5-11H2,2-3H3. The van der Waals surface area contributed by atoms with Crippen LogP contribution in [0.3, 0.4) is 0 Å². The van der Waals surface area contributed by atoms with E-state index in [1.54, 1.807) is 0 Å². The van der Waals surface area contributed by atoms with Crippen molar-refractivity contribution in [2.75, 3.05) is 0 Å². The molecular weight excluding hydrogens is 172 g/mol. The van der Waals surface area contributed by atoms with Gasteiger partial charge in [-0.25, -0.2) is 0 Å². The third-order valence-electron chi connectivity index (χ3n) is 4.14. The summed E-state index contributed by atoms with van der Waals surface area (Å²) >= 11 is 0. The third kappa shape index (κ3) is 2.25. The maximum absolute atomic E-state index is 4.11. The molecule has 0 aliphatic heterocycles. The van der Waals surface area contributed by atoms with Crippen LogP contribution in [-0.4, -0.2) is 8.07 Å². The van der Waals surface area contributed by atoms with Gasteiger partial charge >= 0.3 is 0 Å². The van der Waals surface area contributed by atoms with Gasteiger partial charge in [-0.15, -0.1) is 12.3 Å². The average molecular weight is 196 g/mol. The first kappa shape index (κ1) is 11.0. The van der Waals surface area contributed by atoms with Crippen LogP contribution in [0, 0.1) is 0 Å². The SMILES string of the molecule is C=C[Si](CC)(CC)C1CCCCC1. The fraction of sp³-hybridized carbons (Fsp3) is 0.833. The first-order valence-electron chi connectivity index (χ1n) is 5.92. The molecule has 13 heavy (non-hydrogen) atoms. The Bertz CT molecular complexity index is 153. The minimum absolute atomic E-state index is 1.05. The monoisotopic (exact) mass is 196 g/mol. The molecule has 1 aliphatic carbocycles. The molecule has 0 nitrogen and oxygen atoms in total. The normalized spacial score (nSPS) is 20.2. The fourth-order valence-corrected chi connectivity index (χ4v) is 7.08. The van der Waals surface area contributed by atoms with Crippen LogP contribution < -0.4 is 0 Å². The Morgan fingerprint density at radius 1 is 1.15 bits per heavy atom. The van der Waals surface area contributed by atoms with E-state index in [1.165, 1.54) is 44.2 Å².